The lowest BCUT2D eigenvalue weighted by atomic mass is 9.86. The van der Waals surface area contributed by atoms with E-state index in [0.29, 0.717) is 30.3 Å². The predicted molar refractivity (Wildman–Crippen MR) is 142 cm³/mol. The fraction of sp³-hybridized carbons (Fsp3) is 0.345. The van der Waals surface area contributed by atoms with E-state index < -0.39 is 6.09 Å². The molecule has 0 radical (unpaired) electrons. The van der Waals surface area contributed by atoms with Gasteiger partial charge < -0.3 is 19.3 Å². The number of aromatic nitrogens is 3. The van der Waals surface area contributed by atoms with Crippen LogP contribution in [0.4, 0.5) is 9.18 Å². The van der Waals surface area contributed by atoms with E-state index in [9.17, 15) is 19.1 Å². The number of ether oxygens (including phenoxy) is 1. The Morgan fingerprint density at radius 3 is 2.55 bits per heavy atom. The van der Waals surface area contributed by atoms with Crippen LogP contribution >= 0.6 is 0 Å². The van der Waals surface area contributed by atoms with Gasteiger partial charge in [-0.1, -0.05) is 32.9 Å². The van der Waals surface area contributed by atoms with Gasteiger partial charge in [-0.05, 0) is 48.1 Å². The first-order valence-electron chi connectivity index (χ1n) is 12.6. The summed E-state index contributed by atoms with van der Waals surface area (Å²) in [6.07, 6.45) is 2.22. The third-order valence-corrected chi connectivity index (χ3v) is 7.09. The zero-order valence-corrected chi connectivity index (χ0v) is 22.0. The lowest BCUT2D eigenvalue weighted by Crippen LogP contribution is -2.28. The number of pyridine rings is 2. The van der Waals surface area contributed by atoms with Crippen LogP contribution in [0.25, 0.3) is 16.9 Å². The monoisotopic (exact) mass is 518 g/mol. The molecule has 4 heterocycles. The van der Waals surface area contributed by atoms with Crippen LogP contribution in [-0.2, 0) is 32.0 Å². The van der Waals surface area contributed by atoms with Gasteiger partial charge in [0.25, 0.3) is 5.56 Å². The fourth-order valence-electron chi connectivity index (χ4n) is 5.03. The molecule has 0 fully saturated rings. The third-order valence-electron chi connectivity index (χ3n) is 7.09. The highest BCUT2D eigenvalue weighted by Gasteiger charge is 2.28. The Morgan fingerprint density at radius 1 is 1.16 bits per heavy atom. The maximum Gasteiger partial charge on any atom is 0.407 e. The molecule has 0 aliphatic carbocycles. The van der Waals surface area contributed by atoms with Crippen LogP contribution in [0.15, 0.2) is 53.5 Å². The molecule has 0 saturated heterocycles. The van der Waals surface area contributed by atoms with Crippen molar-refractivity contribution in [1.29, 1.82) is 0 Å². The summed E-state index contributed by atoms with van der Waals surface area (Å²) in [6.45, 7) is 7.21. The number of rotatable bonds is 4. The molecular weight excluding hydrogens is 487 g/mol. The van der Waals surface area contributed by atoms with Crippen molar-refractivity contribution < 1.29 is 19.0 Å². The normalized spacial score (nSPS) is 13.9. The smallest absolute Gasteiger partial charge is 0.407 e. The molecule has 38 heavy (non-hydrogen) atoms. The van der Waals surface area contributed by atoms with E-state index in [2.05, 4.69) is 26.8 Å². The average Bonchev–Trinajstić information content (AvgIpc) is 3.00. The summed E-state index contributed by atoms with van der Waals surface area (Å²) in [5.74, 6) is 0.628. The second-order valence-corrected chi connectivity index (χ2v) is 10.8. The molecule has 8 nitrogen and oxygen atoms in total. The molecule has 3 aromatic heterocycles. The summed E-state index contributed by atoms with van der Waals surface area (Å²) in [5.41, 5.74) is 3.82. The molecule has 1 amide bonds. The highest BCUT2D eigenvalue weighted by atomic mass is 19.1. The van der Waals surface area contributed by atoms with E-state index in [-0.39, 0.29) is 23.4 Å². The Kier molecular flexibility index (Phi) is 6.46. The maximum absolute atomic E-state index is 13.3. The van der Waals surface area contributed by atoms with Crippen molar-refractivity contribution in [3.8, 4) is 11.6 Å². The van der Waals surface area contributed by atoms with Crippen LogP contribution in [0, 0.1) is 5.82 Å². The summed E-state index contributed by atoms with van der Waals surface area (Å²) in [5, 5.41) is 10.6. The summed E-state index contributed by atoms with van der Waals surface area (Å²) in [7, 11) is 1.94. The van der Waals surface area contributed by atoms with E-state index in [0.717, 1.165) is 40.6 Å². The zero-order chi connectivity index (χ0) is 27.2. The molecule has 0 spiro atoms. The van der Waals surface area contributed by atoms with Gasteiger partial charge in [0.15, 0.2) is 0 Å². The largest absolute Gasteiger partial charge is 0.489 e. The maximum atomic E-state index is 13.3. The topological polar surface area (TPSA) is 89.6 Å². The zero-order valence-electron chi connectivity index (χ0n) is 22.0. The minimum absolute atomic E-state index is 0.212. The number of aryl methyl sites for hydroxylation is 1. The highest BCUT2D eigenvalue weighted by Crippen LogP contribution is 2.35. The molecule has 0 unspecified atom stereocenters. The Labute approximate surface area is 219 Å². The van der Waals surface area contributed by atoms with Crippen LogP contribution in [0.3, 0.4) is 0 Å². The first-order valence-corrected chi connectivity index (χ1v) is 12.6. The van der Waals surface area contributed by atoms with Gasteiger partial charge in [-0.2, -0.15) is 0 Å². The van der Waals surface area contributed by atoms with Gasteiger partial charge in [0.1, 0.15) is 29.6 Å². The van der Waals surface area contributed by atoms with Crippen LogP contribution in [0.2, 0.25) is 0 Å². The highest BCUT2D eigenvalue weighted by molar-refractivity contribution is 5.85. The molecule has 198 valence electrons. The van der Waals surface area contributed by atoms with Crippen molar-refractivity contribution in [2.75, 3.05) is 6.54 Å². The number of benzene rings is 1. The van der Waals surface area contributed by atoms with Gasteiger partial charge in [-0.15, -0.1) is 0 Å². The van der Waals surface area contributed by atoms with Crippen molar-refractivity contribution in [1.82, 2.24) is 19.0 Å². The van der Waals surface area contributed by atoms with Crippen LogP contribution < -0.4 is 10.3 Å². The number of carbonyl (C=O) groups is 1. The van der Waals surface area contributed by atoms with E-state index in [1.807, 2.05) is 11.6 Å². The lowest BCUT2D eigenvalue weighted by molar-refractivity contribution is 0.143. The second kappa shape index (κ2) is 9.63. The molecule has 0 atom stereocenters. The average molecular weight is 519 g/mol. The van der Waals surface area contributed by atoms with Gasteiger partial charge in [0.2, 0.25) is 0 Å². The van der Waals surface area contributed by atoms with E-state index >= 15 is 0 Å². The van der Waals surface area contributed by atoms with Crippen molar-refractivity contribution in [3.05, 3.63) is 87.2 Å². The summed E-state index contributed by atoms with van der Waals surface area (Å²) in [4.78, 5) is 31.5. The molecule has 0 saturated carbocycles. The number of nitrogens with zero attached hydrogens (tertiary/aromatic N) is 4. The third kappa shape index (κ3) is 4.76. The Bertz CT molecular complexity index is 1580. The molecule has 0 bridgehead atoms. The van der Waals surface area contributed by atoms with Crippen molar-refractivity contribution >= 4 is 17.1 Å². The molecule has 1 aliphatic rings. The second-order valence-electron chi connectivity index (χ2n) is 10.8. The van der Waals surface area contributed by atoms with Crippen LogP contribution in [-0.4, -0.2) is 36.8 Å². The first-order chi connectivity index (χ1) is 18.0. The van der Waals surface area contributed by atoms with Gasteiger partial charge in [-0.3, -0.25) is 9.36 Å². The van der Waals surface area contributed by atoms with E-state index in [1.165, 1.54) is 27.7 Å². The number of hydrogen-bond donors (Lipinski definition) is 1. The van der Waals surface area contributed by atoms with Crippen molar-refractivity contribution in [2.24, 2.45) is 7.05 Å². The molecular formula is C29H31FN4O4. The molecule has 9 heteroatoms. The predicted octanol–water partition coefficient (Wildman–Crippen LogP) is 5.17. The van der Waals surface area contributed by atoms with Crippen molar-refractivity contribution in [2.45, 2.75) is 52.2 Å². The lowest BCUT2D eigenvalue weighted by Gasteiger charge is -2.23. The Hall–Kier alpha value is -4.14. The molecule has 1 aromatic carbocycles. The van der Waals surface area contributed by atoms with Gasteiger partial charge in [0, 0.05) is 48.1 Å². The molecule has 4 aromatic rings. The summed E-state index contributed by atoms with van der Waals surface area (Å²) < 4.78 is 22.5. The number of hydrogen-bond acceptors (Lipinski definition) is 4. The molecule has 1 N–H and O–H groups in total. The van der Waals surface area contributed by atoms with E-state index in [1.54, 1.807) is 24.4 Å². The van der Waals surface area contributed by atoms with Gasteiger partial charge in [0.05, 0.1) is 6.54 Å². The molecule has 1 aliphatic heterocycles. The SMILES string of the molecule is Cn1c2c(c3cc(C(C)(C)C)c(-n4ccc(OCc5ccc(F)cc5)cc4=O)nc31)CN(C(=O)O)CCC2. The van der Waals surface area contributed by atoms with Gasteiger partial charge in [-0.25, -0.2) is 14.2 Å². The number of carboxylic acid groups (broad SMARTS) is 1. The summed E-state index contributed by atoms with van der Waals surface area (Å²) in [6, 6.07) is 11.2. The number of amides is 1. The first kappa shape index (κ1) is 25.5. The quantitative estimate of drug-likeness (QED) is 0.403. The Morgan fingerprint density at radius 2 is 1.89 bits per heavy atom. The minimum atomic E-state index is -0.927. The van der Waals surface area contributed by atoms with Crippen LogP contribution in [0.1, 0.15) is 49.6 Å². The van der Waals surface area contributed by atoms with E-state index in [4.69, 9.17) is 9.72 Å². The Balaban J connectivity index is 1.57. The standard InChI is InChI=1S/C29H31FN4O4/c1-29(2,3)23-15-21-22-16-33(28(36)37)12-5-6-24(22)32(4)26(21)31-27(23)34-13-11-20(14-25(34)35)38-17-18-7-9-19(30)10-8-18/h7-11,13-15H,5-6,12,16-17H2,1-4H3,(H,36,37). The molecule has 5 rings (SSSR count). The number of fused-ring (bicyclic) bond motifs is 3. The van der Waals surface area contributed by atoms with Crippen LogP contribution in [0.5, 0.6) is 5.75 Å². The number of halogens is 1. The van der Waals surface area contributed by atoms with Crippen molar-refractivity contribution in [3.63, 3.8) is 0 Å². The minimum Gasteiger partial charge on any atom is -0.489 e. The fourth-order valence-corrected chi connectivity index (χ4v) is 5.03. The van der Waals surface area contributed by atoms with Gasteiger partial charge >= 0.3 is 6.09 Å². The summed E-state index contributed by atoms with van der Waals surface area (Å²) >= 11 is 0.